The molecule has 108 valence electrons. The number of benzene rings is 1. The molecule has 1 heteroatoms. The van der Waals surface area contributed by atoms with Crippen LogP contribution in [0.5, 0.6) is 0 Å². The van der Waals surface area contributed by atoms with Gasteiger partial charge in [-0.3, -0.25) is 0 Å². The van der Waals surface area contributed by atoms with Crippen molar-refractivity contribution < 1.29 is 0 Å². The van der Waals surface area contributed by atoms with Crippen LogP contribution in [0, 0.1) is 17.2 Å². The van der Waals surface area contributed by atoms with Crippen molar-refractivity contribution in [2.75, 3.05) is 0 Å². The van der Waals surface area contributed by atoms with Crippen molar-refractivity contribution in [3.05, 3.63) is 35.4 Å². The summed E-state index contributed by atoms with van der Waals surface area (Å²) in [6.45, 7) is 4.60. The van der Waals surface area contributed by atoms with E-state index in [-0.39, 0.29) is 5.92 Å². The maximum absolute atomic E-state index is 9.00. The minimum absolute atomic E-state index is 0.285. The van der Waals surface area contributed by atoms with Gasteiger partial charge in [0.05, 0.1) is 6.07 Å². The van der Waals surface area contributed by atoms with Gasteiger partial charge in [0.1, 0.15) is 0 Å². The van der Waals surface area contributed by atoms with E-state index < -0.39 is 0 Å². The summed E-state index contributed by atoms with van der Waals surface area (Å²) < 4.78 is 0. The Morgan fingerprint density at radius 1 is 1.20 bits per heavy atom. The molecular weight excluding hydrogens is 242 g/mol. The van der Waals surface area contributed by atoms with Crippen LogP contribution in [-0.2, 0) is 0 Å². The lowest BCUT2D eigenvalue weighted by molar-refractivity contribution is 0.597. The molecule has 1 nitrogen and oxygen atoms in total. The first-order chi connectivity index (χ1) is 9.74. The lowest BCUT2D eigenvalue weighted by atomic mass is 9.91. The van der Waals surface area contributed by atoms with Crippen molar-refractivity contribution >= 4 is 0 Å². The van der Waals surface area contributed by atoms with Crippen molar-refractivity contribution in [1.82, 2.24) is 0 Å². The Labute approximate surface area is 124 Å². The van der Waals surface area contributed by atoms with E-state index in [1.54, 1.807) is 0 Å². The maximum Gasteiger partial charge on any atom is 0.0656 e. The van der Waals surface area contributed by atoms with Gasteiger partial charge >= 0.3 is 0 Å². The van der Waals surface area contributed by atoms with Crippen LogP contribution in [0.3, 0.4) is 0 Å². The van der Waals surface area contributed by atoms with E-state index >= 15 is 0 Å². The molecule has 0 aliphatic heterocycles. The van der Waals surface area contributed by atoms with Gasteiger partial charge in [0.25, 0.3) is 0 Å². The molecule has 1 fully saturated rings. The van der Waals surface area contributed by atoms with Gasteiger partial charge in [-0.15, -0.1) is 0 Å². The van der Waals surface area contributed by atoms with Crippen molar-refractivity contribution in [2.24, 2.45) is 5.92 Å². The zero-order chi connectivity index (χ0) is 14.4. The predicted molar refractivity (Wildman–Crippen MR) is 84.7 cm³/mol. The fraction of sp³-hybridized carbons (Fsp3) is 0.632. The average molecular weight is 269 g/mol. The standard InChI is InChI=1S/C19H27N/c1-3-4-5-6-15(2)17-9-11-18(12-10-17)19-8-7-16(13-19)14-20/h9-12,15-16,19H,3-8,13H2,1-2H3/t15?,16?,19-/m0/s1. The normalized spacial score (nSPS) is 23.4. The molecule has 1 aromatic rings. The summed E-state index contributed by atoms with van der Waals surface area (Å²) in [6.07, 6.45) is 8.61. The summed E-state index contributed by atoms with van der Waals surface area (Å²) in [5.41, 5.74) is 2.91. The molecule has 0 aromatic heterocycles. The molecule has 0 N–H and O–H groups in total. The third-order valence-corrected chi connectivity index (χ3v) is 4.83. The van der Waals surface area contributed by atoms with Crippen LogP contribution >= 0.6 is 0 Å². The monoisotopic (exact) mass is 269 g/mol. The van der Waals surface area contributed by atoms with Crippen molar-refractivity contribution in [3.63, 3.8) is 0 Å². The van der Waals surface area contributed by atoms with Crippen LogP contribution in [0.25, 0.3) is 0 Å². The van der Waals surface area contributed by atoms with Gasteiger partial charge in [-0.25, -0.2) is 0 Å². The molecule has 0 amide bonds. The van der Waals surface area contributed by atoms with Crippen LogP contribution in [0.15, 0.2) is 24.3 Å². The van der Waals surface area contributed by atoms with Gasteiger partial charge in [-0.2, -0.15) is 5.26 Å². The molecule has 1 aliphatic carbocycles. The van der Waals surface area contributed by atoms with Gasteiger partial charge in [0, 0.05) is 5.92 Å². The fourth-order valence-corrected chi connectivity index (χ4v) is 3.37. The van der Waals surface area contributed by atoms with Gasteiger partial charge < -0.3 is 0 Å². The molecule has 2 unspecified atom stereocenters. The van der Waals surface area contributed by atoms with E-state index in [0.717, 1.165) is 12.8 Å². The molecule has 1 aromatic carbocycles. The molecule has 1 saturated carbocycles. The Kier molecular flexibility index (Phi) is 5.65. The second-order valence-electron chi connectivity index (χ2n) is 6.40. The number of rotatable bonds is 6. The minimum atomic E-state index is 0.285. The molecule has 0 radical (unpaired) electrons. The highest BCUT2D eigenvalue weighted by Crippen LogP contribution is 2.38. The van der Waals surface area contributed by atoms with Gasteiger partial charge in [0.2, 0.25) is 0 Å². The molecule has 0 spiro atoms. The molecule has 3 atom stereocenters. The first-order valence-electron chi connectivity index (χ1n) is 8.24. The third-order valence-electron chi connectivity index (χ3n) is 4.83. The summed E-state index contributed by atoms with van der Waals surface area (Å²) >= 11 is 0. The van der Waals surface area contributed by atoms with Crippen LogP contribution in [0.2, 0.25) is 0 Å². The fourth-order valence-electron chi connectivity index (χ4n) is 3.37. The highest BCUT2D eigenvalue weighted by atomic mass is 14.3. The number of unbranched alkanes of at least 4 members (excludes halogenated alkanes) is 2. The zero-order valence-corrected chi connectivity index (χ0v) is 12.9. The van der Waals surface area contributed by atoms with Gasteiger partial charge in [-0.1, -0.05) is 57.4 Å². The van der Waals surface area contributed by atoms with Crippen LogP contribution in [0.1, 0.15) is 81.8 Å². The lowest BCUT2D eigenvalue weighted by Crippen LogP contribution is -1.97. The Bertz CT molecular complexity index is 440. The number of hydrogen-bond acceptors (Lipinski definition) is 1. The number of nitriles is 1. The van der Waals surface area contributed by atoms with Crippen LogP contribution < -0.4 is 0 Å². The van der Waals surface area contributed by atoms with E-state index in [2.05, 4.69) is 44.2 Å². The summed E-state index contributed by atoms with van der Waals surface area (Å²) in [4.78, 5) is 0. The zero-order valence-electron chi connectivity index (χ0n) is 12.9. The van der Waals surface area contributed by atoms with E-state index in [1.807, 2.05) is 0 Å². The van der Waals surface area contributed by atoms with Crippen molar-refractivity contribution in [2.45, 2.75) is 70.6 Å². The summed E-state index contributed by atoms with van der Waals surface area (Å²) in [7, 11) is 0. The minimum Gasteiger partial charge on any atom is -0.198 e. The Balaban J connectivity index is 1.91. The van der Waals surface area contributed by atoms with E-state index in [4.69, 9.17) is 5.26 Å². The maximum atomic E-state index is 9.00. The van der Waals surface area contributed by atoms with E-state index in [1.165, 1.54) is 43.2 Å². The quantitative estimate of drug-likeness (QED) is 0.601. The lowest BCUT2D eigenvalue weighted by Gasteiger charge is -2.14. The first-order valence-corrected chi connectivity index (χ1v) is 8.24. The van der Waals surface area contributed by atoms with E-state index in [0.29, 0.717) is 11.8 Å². The smallest absolute Gasteiger partial charge is 0.0656 e. The second kappa shape index (κ2) is 7.48. The topological polar surface area (TPSA) is 23.8 Å². The molecule has 0 bridgehead atoms. The summed E-state index contributed by atoms with van der Waals surface area (Å²) in [6, 6.07) is 11.6. The largest absolute Gasteiger partial charge is 0.198 e. The number of nitrogens with zero attached hydrogens (tertiary/aromatic N) is 1. The molecule has 2 rings (SSSR count). The Morgan fingerprint density at radius 2 is 1.95 bits per heavy atom. The summed E-state index contributed by atoms with van der Waals surface area (Å²) in [5.74, 6) is 1.57. The van der Waals surface area contributed by atoms with Crippen molar-refractivity contribution in [1.29, 1.82) is 5.26 Å². The number of hydrogen-bond donors (Lipinski definition) is 0. The third kappa shape index (κ3) is 3.85. The summed E-state index contributed by atoms with van der Waals surface area (Å²) in [5, 5.41) is 9.00. The van der Waals surface area contributed by atoms with Gasteiger partial charge in [0.15, 0.2) is 0 Å². The Morgan fingerprint density at radius 3 is 2.55 bits per heavy atom. The molecule has 20 heavy (non-hydrogen) atoms. The highest BCUT2D eigenvalue weighted by Gasteiger charge is 2.25. The first kappa shape index (κ1) is 15.1. The van der Waals surface area contributed by atoms with Gasteiger partial charge in [-0.05, 0) is 48.6 Å². The van der Waals surface area contributed by atoms with E-state index in [9.17, 15) is 0 Å². The van der Waals surface area contributed by atoms with Crippen molar-refractivity contribution in [3.8, 4) is 6.07 Å². The predicted octanol–water partition coefficient (Wildman–Crippen LogP) is 5.78. The molecule has 1 aliphatic rings. The van der Waals surface area contributed by atoms with Crippen LogP contribution in [-0.4, -0.2) is 0 Å². The second-order valence-corrected chi connectivity index (χ2v) is 6.40. The molecular formula is C19H27N. The highest BCUT2D eigenvalue weighted by molar-refractivity contribution is 5.28. The molecule has 0 saturated heterocycles. The Hall–Kier alpha value is -1.29. The van der Waals surface area contributed by atoms with Crippen LogP contribution in [0.4, 0.5) is 0 Å². The average Bonchev–Trinajstić information content (AvgIpc) is 2.96. The SMILES string of the molecule is CCCCCC(C)c1ccc([C@H]2CCC(C#N)C2)cc1. The molecule has 0 heterocycles.